The second kappa shape index (κ2) is 29.2. The van der Waals surface area contributed by atoms with Crippen LogP contribution in [0.3, 0.4) is 0 Å². The molecule has 0 aromatic heterocycles. The molecule has 6 fully saturated rings. The number of nitrogens with zero attached hydrogens (tertiary/aromatic N) is 6. The summed E-state index contributed by atoms with van der Waals surface area (Å²) < 4.78 is 33.6. The molecule has 6 heterocycles. The highest BCUT2D eigenvalue weighted by atomic mass is 16.6. The molecule has 6 aliphatic heterocycles. The van der Waals surface area contributed by atoms with E-state index in [1.54, 1.807) is 0 Å². The highest BCUT2D eigenvalue weighted by Crippen LogP contribution is 2.24. The van der Waals surface area contributed by atoms with Crippen LogP contribution in [-0.2, 0) is 33.2 Å². The van der Waals surface area contributed by atoms with Crippen LogP contribution < -0.4 is 0 Å². The van der Waals surface area contributed by atoms with E-state index in [1.807, 2.05) is 6.92 Å². The van der Waals surface area contributed by atoms with E-state index in [2.05, 4.69) is 24.8 Å². The molecule has 17 atom stereocenters. The van der Waals surface area contributed by atoms with Gasteiger partial charge in [0.15, 0.2) is 37.2 Å². The Morgan fingerprint density at radius 3 is 1.44 bits per heavy atom. The van der Waals surface area contributed by atoms with Gasteiger partial charge in [-0.2, -0.15) is 0 Å². The smallest absolute Gasteiger partial charge is 0.165 e. The van der Waals surface area contributed by atoms with Gasteiger partial charge in [0.05, 0.1) is 88.3 Å². The van der Waals surface area contributed by atoms with E-state index in [0.29, 0.717) is 32.5 Å². The first-order valence-electron chi connectivity index (χ1n) is 18.9. The number of rotatable bonds is 3. The minimum Gasteiger partial charge on any atom is -0.393 e. The number of hydrogen-bond donors (Lipinski definition) is 13. The third kappa shape index (κ3) is 23.6. The summed E-state index contributed by atoms with van der Waals surface area (Å²) in [5, 5.41) is 123. The average Bonchev–Trinajstić information content (AvgIpc) is 3.15. The first-order chi connectivity index (χ1) is 27.7. The van der Waals surface area contributed by atoms with E-state index < -0.39 is 85.9 Å². The van der Waals surface area contributed by atoms with Gasteiger partial charge < -0.3 is 99.5 Å². The summed E-state index contributed by atoms with van der Waals surface area (Å²) in [5.74, 6) is -1.14. The van der Waals surface area contributed by atoms with Gasteiger partial charge in [0.25, 0.3) is 0 Å². The Bertz CT molecular complexity index is 1190. The van der Waals surface area contributed by atoms with Crippen LogP contribution in [0, 0.1) is 5.92 Å². The van der Waals surface area contributed by atoms with Crippen LogP contribution in [0.25, 0.3) is 20.9 Å². The molecule has 0 bridgehead atoms. The van der Waals surface area contributed by atoms with Crippen molar-refractivity contribution in [2.45, 2.75) is 157 Å². The van der Waals surface area contributed by atoms with E-state index in [4.69, 9.17) is 90.5 Å². The second-order valence-corrected chi connectivity index (χ2v) is 14.5. The van der Waals surface area contributed by atoms with Crippen LogP contribution in [0.5, 0.6) is 0 Å². The largest absolute Gasteiger partial charge is 0.393 e. The van der Waals surface area contributed by atoms with Crippen molar-refractivity contribution in [3.8, 4) is 0 Å². The minimum atomic E-state index is -1.30. The van der Waals surface area contributed by atoms with Gasteiger partial charge in [-0.25, -0.2) is 0 Å². The van der Waals surface area contributed by atoms with Crippen molar-refractivity contribution >= 4 is 0 Å². The average molecular weight is 865 g/mol. The standard InChI is InChI=1S/C6H11N3O3.C6H12O4.C6H12O3.C5H9N3O3.C5H10O4.C5H10O3/c1-6(11)2-5(10)4(3-12-6)8-9-7;1-9-5-3-10-6(8)2-4(5)7;1-4-3-9-6(8)2-5(4)7;6-8-7-3-2-11-5(10)1-4(3)9;6-3-1-5(8)9-2-4(3)7;6-4-1-2-8-5(7)3-4/h4-5,10-11H,2-3H2,1H3;4-8H,2-3H2,1H3;4-8H,2-3H2,1H3;3-5,9-10H,1-2H2;3-8H,1-2H2;4-7H,1-3H2/t4-,5+,6?;2*4-,5-,6?;2*3-,4+,5?;4-,5?/m100101/s1. The fourth-order valence-electron chi connectivity index (χ4n) is 5.43. The molecule has 0 saturated carbocycles. The molecule has 0 aromatic carbocycles. The molecule has 6 unspecified atom stereocenters. The lowest BCUT2D eigenvalue weighted by Crippen LogP contribution is -2.46. The van der Waals surface area contributed by atoms with Crippen molar-refractivity contribution in [1.29, 1.82) is 0 Å². The van der Waals surface area contributed by atoms with Crippen molar-refractivity contribution in [2.24, 2.45) is 16.1 Å². The van der Waals surface area contributed by atoms with Crippen LogP contribution in [-0.4, -0.2) is 211 Å². The van der Waals surface area contributed by atoms with E-state index in [0.717, 1.165) is 0 Å². The first kappa shape index (κ1) is 54.8. The number of aliphatic hydroxyl groups is 13. The van der Waals surface area contributed by atoms with Crippen molar-refractivity contribution < 1.29 is 99.5 Å². The maximum Gasteiger partial charge on any atom is 0.165 e. The first-order valence-corrected chi connectivity index (χ1v) is 18.9. The number of hydrogen-bond acceptors (Lipinski definition) is 22. The SMILES string of the molecule is CC1(O)C[C@H](O)[C@H](N=[N+]=[N-])CO1.CO[C@H]1COC(O)C[C@@H]1O.C[C@H]1COC(O)C[C@@H]1O.OC1C[C@H](O)CCO1.OC1C[C@H](O)[C@H](O)CO1.[N-]=[N+]=N[C@@H]1COC(O)C[C@@H]1O. The number of methoxy groups -OCH3 is 1. The normalized spacial score (nSPS) is 41.8. The highest BCUT2D eigenvalue weighted by Gasteiger charge is 2.36. The van der Waals surface area contributed by atoms with E-state index in [1.165, 1.54) is 14.0 Å². The number of ether oxygens (including phenoxy) is 7. The monoisotopic (exact) mass is 864 g/mol. The summed E-state index contributed by atoms with van der Waals surface area (Å²) in [5.41, 5.74) is 16.1. The maximum atomic E-state index is 9.33. The van der Waals surface area contributed by atoms with Gasteiger partial charge in [-0.3, -0.25) is 0 Å². The minimum absolute atomic E-state index is 0.0162. The highest BCUT2D eigenvalue weighted by molar-refractivity contribution is 4.85. The zero-order valence-electron chi connectivity index (χ0n) is 33.3. The van der Waals surface area contributed by atoms with Crippen molar-refractivity contribution in [3.05, 3.63) is 20.9 Å². The van der Waals surface area contributed by atoms with E-state index >= 15 is 0 Å². The molecule has 6 rings (SSSR count). The predicted octanol–water partition coefficient (Wildman–Crippen LogP) is -3.33. The molecule has 59 heavy (non-hydrogen) atoms. The molecule has 6 saturated heterocycles. The lowest BCUT2D eigenvalue weighted by Gasteiger charge is -2.34. The third-order valence-corrected chi connectivity index (χ3v) is 9.20. The van der Waals surface area contributed by atoms with Gasteiger partial charge in [0, 0.05) is 61.4 Å². The third-order valence-electron chi connectivity index (χ3n) is 9.20. The number of aliphatic hydroxyl groups excluding tert-OH is 12. The summed E-state index contributed by atoms with van der Waals surface area (Å²) in [4.78, 5) is 5.10. The molecule has 0 amide bonds. The van der Waals surface area contributed by atoms with Gasteiger partial charge >= 0.3 is 0 Å². The van der Waals surface area contributed by atoms with Crippen LogP contribution in [0.1, 0.15) is 58.8 Å². The summed E-state index contributed by atoms with van der Waals surface area (Å²) >= 11 is 0. The van der Waals surface area contributed by atoms with Crippen molar-refractivity contribution in [2.75, 3.05) is 46.8 Å². The predicted molar refractivity (Wildman–Crippen MR) is 197 cm³/mol. The molecule has 26 nitrogen and oxygen atoms in total. The van der Waals surface area contributed by atoms with Gasteiger partial charge in [-0.1, -0.05) is 17.2 Å². The van der Waals surface area contributed by atoms with Crippen molar-refractivity contribution in [1.82, 2.24) is 0 Å². The Morgan fingerprint density at radius 2 is 1.03 bits per heavy atom. The van der Waals surface area contributed by atoms with Gasteiger partial charge in [0.2, 0.25) is 0 Å². The van der Waals surface area contributed by atoms with E-state index in [9.17, 15) is 15.3 Å². The summed E-state index contributed by atoms with van der Waals surface area (Å²) in [6, 6.07) is -1.15. The van der Waals surface area contributed by atoms with Gasteiger partial charge in [-0.15, -0.1) is 0 Å². The molecule has 0 spiro atoms. The quantitative estimate of drug-likeness (QED) is 0.0749. The Labute approximate surface area is 340 Å². The topological polar surface area (TPSA) is 425 Å². The molecule has 26 heteroatoms. The Kier molecular flexibility index (Phi) is 27.1. The molecule has 0 aliphatic carbocycles. The van der Waals surface area contributed by atoms with Gasteiger partial charge in [0.1, 0.15) is 12.2 Å². The summed E-state index contributed by atoms with van der Waals surface area (Å²) in [6.07, 6.45) is -7.26. The fraction of sp³-hybridized carbons (Fsp3) is 1.00. The molecule has 346 valence electrons. The molecule has 0 radical (unpaired) electrons. The molecule has 6 aliphatic rings. The zero-order valence-corrected chi connectivity index (χ0v) is 33.3. The zero-order chi connectivity index (χ0) is 44.7. The molecular formula is C33H64N6O20. The van der Waals surface area contributed by atoms with Crippen LogP contribution in [0.2, 0.25) is 0 Å². The summed E-state index contributed by atoms with van der Waals surface area (Å²) in [7, 11) is 1.51. The molecule has 13 N–H and O–H groups in total. The number of azide groups is 2. The molecule has 0 aromatic rings. The molecular weight excluding hydrogens is 800 g/mol. The fourth-order valence-corrected chi connectivity index (χ4v) is 5.43. The van der Waals surface area contributed by atoms with Crippen LogP contribution >= 0.6 is 0 Å². The van der Waals surface area contributed by atoms with Crippen molar-refractivity contribution in [3.63, 3.8) is 0 Å². The summed E-state index contributed by atoms with van der Waals surface area (Å²) in [6.45, 7) is 4.70. The second-order valence-electron chi connectivity index (χ2n) is 14.5. The van der Waals surface area contributed by atoms with Gasteiger partial charge in [-0.05, 0) is 24.4 Å². The maximum absolute atomic E-state index is 9.33. The Balaban J connectivity index is 0.000000356. The Hall–Kier alpha value is -2.18. The lowest BCUT2D eigenvalue weighted by molar-refractivity contribution is -0.236. The van der Waals surface area contributed by atoms with Crippen LogP contribution in [0.15, 0.2) is 10.2 Å². The lowest BCUT2D eigenvalue weighted by atomic mass is 10.0. The van der Waals surface area contributed by atoms with E-state index in [-0.39, 0.29) is 70.2 Å². The Morgan fingerprint density at radius 1 is 0.559 bits per heavy atom. The van der Waals surface area contributed by atoms with Crippen LogP contribution in [0.4, 0.5) is 0 Å².